The van der Waals surface area contributed by atoms with Crippen molar-refractivity contribution in [2.45, 2.75) is 25.4 Å². The van der Waals surface area contributed by atoms with Crippen LogP contribution in [0.15, 0.2) is 22.5 Å². The number of aromatic nitrogens is 2. The van der Waals surface area contributed by atoms with Crippen molar-refractivity contribution in [3.05, 3.63) is 33.2 Å². The number of hydrogen-bond acceptors (Lipinski definition) is 5. The second kappa shape index (κ2) is 4.61. The highest BCUT2D eigenvalue weighted by molar-refractivity contribution is 7.09. The average molecular weight is 251 g/mol. The van der Waals surface area contributed by atoms with Gasteiger partial charge in [0.15, 0.2) is 0 Å². The van der Waals surface area contributed by atoms with Crippen molar-refractivity contribution in [3.63, 3.8) is 0 Å². The zero-order valence-electron chi connectivity index (χ0n) is 8.87. The monoisotopic (exact) mass is 251 g/mol. The van der Waals surface area contributed by atoms with E-state index in [9.17, 15) is 0 Å². The molecule has 0 unspecified atom stereocenters. The first-order valence-electron chi connectivity index (χ1n) is 5.44. The Kier molecular flexibility index (Phi) is 2.99. The van der Waals surface area contributed by atoms with Gasteiger partial charge in [-0.25, -0.2) is 9.97 Å². The quantitative estimate of drug-likeness (QED) is 0.840. The Labute approximate surface area is 103 Å². The number of thiazole rings is 2. The molecule has 3 heterocycles. The lowest BCUT2D eigenvalue weighted by atomic mass is 10.2. The first-order valence-corrected chi connectivity index (χ1v) is 7.26. The maximum atomic E-state index is 4.44. The van der Waals surface area contributed by atoms with E-state index in [0.717, 1.165) is 6.54 Å². The Morgan fingerprint density at radius 3 is 3.19 bits per heavy atom. The van der Waals surface area contributed by atoms with Crippen molar-refractivity contribution in [3.8, 4) is 0 Å². The molecule has 0 amide bonds. The number of nitrogens with zero attached hydrogens (tertiary/aromatic N) is 3. The molecule has 0 aliphatic carbocycles. The Bertz CT molecular complexity index is 424. The largest absolute Gasteiger partial charge is 0.288 e. The average Bonchev–Trinajstić information content (AvgIpc) is 2.98. The maximum absolute atomic E-state index is 4.44. The summed E-state index contributed by atoms with van der Waals surface area (Å²) in [6, 6.07) is 0.515. The molecule has 1 saturated heterocycles. The van der Waals surface area contributed by atoms with Gasteiger partial charge in [0.25, 0.3) is 0 Å². The minimum Gasteiger partial charge on any atom is -0.288 e. The van der Waals surface area contributed by atoms with Gasteiger partial charge in [0.1, 0.15) is 5.01 Å². The van der Waals surface area contributed by atoms with E-state index >= 15 is 0 Å². The number of rotatable bonds is 3. The van der Waals surface area contributed by atoms with Crippen LogP contribution >= 0.6 is 22.7 Å². The van der Waals surface area contributed by atoms with Gasteiger partial charge in [-0.1, -0.05) is 0 Å². The molecule has 2 aromatic rings. The normalized spacial score (nSPS) is 21.6. The molecule has 16 heavy (non-hydrogen) atoms. The molecule has 0 bridgehead atoms. The lowest BCUT2D eigenvalue weighted by Gasteiger charge is -2.21. The molecule has 0 aromatic carbocycles. The molecule has 5 heteroatoms. The Morgan fingerprint density at radius 2 is 2.44 bits per heavy atom. The molecule has 0 spiro atoms. The zero-order valence-corrected chi connectivity index (χ0v) is 10.5. The lowest BCUT2D eigenvalue weighted by Crippen LogP contribution is -2.22. The van der Waals surface area contributed by atoms with Crippen LogP contribution in [0.3, 0.4) is 0 Å². The summed E-state index contributed by atoms with van der Waals surface area (Å²) < 4.78 is 0. The smallest absolute Gasteiger partial charge is 0.110 e. The third kappa shape index (κ3) is 2.03. The van der Waals surface area contributed by atoms with E-state index in [1.54, 1.807) is 22.7 Å². The molecule has 84 valence electrons. The molecular weight excluding hydrogens is 238 g/mol. The molecular formula is C11H13N3S2. The van der Waals surface area contributed by atoms with Crippen molar-refractivity contribution < 1.29 is 0 Å². The highest BCUT2D eigenvalue weighted by Gasteiger charge is 2.27. The highest BCUT2D eigenvalue weighted by Crippen LogP contribution is 2.33. The van der Waals surface area contributed by atoms with Crippen molar-refractivity contribution >= 4 is 22.7 Å². The summed E-state index contributed by atoms with van der Waals surface area (Å²) >= 11 is 3.44. The molecule has 1 fully saturated rings. The van der Waals surface area contributed by atoms with Gasteiger partial charge in [-0.15, -0.1) is 22.7 Å². The van der Waals surface area contributed by atoms with Gasteiger partial charge in [-0.3, -0.25) is 4.90 Å². The topological polar surface area (TPSA) is 29.0 Å². The molecule has 0 N–H and O–H groups in total. The molecule has 1 aliphatic rings. The van der Waals surface area contributed by atoms with Crippen LogP contribution in [0.5, 0.6) is 0 Å². The molecule has 0 saturated carbocycles. The molecule has 1 aliphatic heterocycles. The molecule has 3 rings (SSSR count). The fourth-order valence-corrected chi connectivity index (χ4v) is 3.57. The van der Waals surface area contributed by atoms with Gasteiger partial charge in [0.2, 0.25) is 0 Å². The summed E-state index contributed by atoms with van der Waals surface area (Å²) in [4.78, 5) is 11.3. The fourth-order valence-electron chi connectivity index (χ4n) is 2.22. The van der Waals surface area contributed by atoms with E-state index in [0.29, 0.717) is 6.04 Å². The minimum absolute atomic E-state index is 0.515. The summed E-state index contributed by atoms with van der Waals surface area (Å²) in [7, 11) is 0. The Hall–Kier alpha value is -0.780. The highest BCUT2D eigenvalue weighted by atomic mass is 32.1. The second-order valence-electron chi connectivity index (χ2n) is 3.98. The van der Waals surface area contributed by atoms with Crippen molar-refractivity contribution in [1.82, 2.24) is 14.9 Å². The molecule has 1 atom stereocenters. The number of likely N-dealkylation sites (tertiary alicyclic amines) is 1. The first kappa shape index (κ1) is 10.4. The molecule has 3 nitrogen and oxygen atoms in total. The molecule has 0 radical (unpaired) electrons. The summed E-state index contributed by atoms with van der Waals surface area (Å²) in [6.45, 7) is 2.13. The summed E-state index contributed by atoms with van der Waals surface area (Å²) in [5.41, 5.74) is 3.09. The van der Waals surface area contributed by atoms with Gasteiger partial charge in [-0.05, 0) is 19.4 Å². The van der Waals surface area contributed by atoms with Crippen molar-refractivity contribution in [2.75, 3.05) is 6.54 Å². The predicted molar refractivity (Wildman–Crippen MR) is 66.6 cm³/mol. The first-order chi connectivity index (χ1) is 7.93. The predicted octanol–water partition coefficient (Wildman–Crippen LogP) is 2.94. The van der Waals surface area contributed by atoms with Crippen LogP contribution in [0.4, 0.5) is 0 Å². The summed E-state index contributed by atoms with van der Waals surface area (Å²) in [5.74, 6) is 0. The van der Waals surface area contributed by atoms with Gasteiger partial charge in [-0.2, -0.15) is 0 Å². The molecule has 2 aromatic heterocycles. The van der Waals surface area contributed by atoms with Gasteiger partial charge < -0.3 is 0 Å². The van der Waals surface area contributed by atoms with Crippen LogP contribution in [-0.2, 0) is 6.54 Å². The summed E-state index contributed by atoms with van der Waals surface area (Å²) in [6.07, 6.45) is 4.41. The Balaban J connectivity index is 1.75. The second-order valence-corrected chi connectivity index (χ2v) is 5.62. The van der Waals surface area contributed by atoms with Crippen LogP contribution in [0.2, 0.25) is 0 Å². The van der Waals surface area contributed by atoms with Crippen LogP contribution in [0.1, 0.15) is 29.6 Å². The van der Waals surface area contributed by atoms with Crippen molar-refractivity contribution in [2.24, 2.45) is 0 Å². The standard InChI is InChI=1S/C11H13N3S2/c1-2-10(11-12-3-5-16-11)14(4-1)6-9-7-15-8-13-9/h3,5,7-8,10H,1-2,4,6H2/t10-/m0/s1. The van der Waals surface area contributed by atoms with Crippen LogP contribution in [0, 0.1) is 0 Å². The number of hydrogen-bond donors (Lipinski definition) is 0. The van der Waals surface area contributed by atoms with E-state index in [-0.39, 0.29) is 0 Å². The summed E-state index contributed by atoms with van der Waals surface area (Å²) in [5, 5.41) is 5.46. The van der Waals surface area contributed by atoms with E-state index in [1.165, 1.54) is 30.1 Å². The van der Waals surface area contributed by atoms with E-state index in [2.05, 4.69) is 25.6 Å². The van der Waals surface area contributed by atoms with Crippen LogP contribution < -0.4 is 0 Å². The fraction of sp³-hybridized carbons (Fsp3) is 0.455. The third-order valence-electron chi connectivity index (χ3n) is 2.95. The van der Waals surface area contributed by atoms with Crippen LogP contribution in [-0.4, -0.2) is 21.4 Å². The Morgan fingerprint density at radius 1 is 1.44 bits per heavy atom. The van der Waals surface area contributed by atoms with E-state index < -0.39 is 0 Å². The van der Waals surface area contributed by atoms with Gasteiger partial charge in [0, 0.05) is 23.5 Å². The van der Waals surface area contributed by atoms with E-state index in [4.69, 9.17) is 0 Å². The minimum atomic E-state index is 0.515. The third-order valence-corrected chi connectivity index (χ3v) is 4.46. The van der Waals surface area contributed by atoms with Crippen molar-refractivity contribution in [1.29, 1.82) is 0 Å². The van der Waals surface area contributed by atoms with Gasteiger partial charge >= 0.3 is 0 Å². The SMILES string of the molecule is c1csc([C@@H]2CCCN2Cc2cscn2)n1. The zero-order chi connectivity index (χ0) is 10.8. The van der Waals surface area contributed by atoms with E-state index in [1.807, 2.05) is 11.7 Å². The lowest BCUT2D eigenvalue weighted by molar-refractivity contribution is 0.245. The van der Waals surface area contributed by atoms with Gasteiger partial charge in [0.05, 0.1) is 17.2 Å². The van der Waals surface area contributed by atoms with Crippen LogP contribution in [0.25, 0.3) is 0 Å². The maximum Gasteiger partial charge on any atom is 0.110 e.